The van der Waals surface area contributed by atoms with Crippen LogP contribution in [-0.4, -0.2) is 49.6 Å². The first-order valence-electron chi connectivity index (χ1n) is 7.36. The largest absolute Gasteiger partial charge is 0.481 e. The van der Waals surface area contributed by atoms with Crippen LogP contribution in [-0.2, 0) is 4.79 Å². The highest BCUT2D eigenvalue weighted by Crippen LogP contribution is 2.22. The molecule has 2 aromatic rings. The Balaban J connectivity index is 1.74. The van der Waals surface area contributed by atoms with Gasteiger partial charge in [0.15, 0.2) is 5.65 Å². The number of aliphatic carboxylic acids is 1. The van der Waals surface area contributed by atoms with E-state index in [9.17, 15) is 9.59 Å². The molecular formula is C15H18N4O3. The van der Waals surface area contributed by atoms with Crippen LogP contribution in [0.25, 0.3) is 5.65 Å². The zero-order valence-corrected chi connectivity index (χ0v) is 12.4. The second-order valence-electron chi connectivity index (χ2n) is 5.73. The van der Waals surface area contributed by atoms with Gasteiger partial charge in [-0.1, -0.05) is 0 Å². The van der Waals surface area contributed by atoms with Gasteiger partial charge < -0.3 is 10.0 Å². The molecule has 3 heterocycles. The molecule has 7 heteroatoms. The van der Waals surface area contributed by atoms with Gasteiger partial charge in [0.2, 0.25) is 0 Å². The van der Waals surface area contributed by atoms with Crippen molar-refractivity contribution in [2.24, 2.45) is 5.92 Å². The first-order valence-corrected chi connectivity index (χ1v) is 7.36. The molecule has 3 rings (SSSR count). The lowest BCUT2D eigenvalue weighted by Crippen LogP contribution is -2.38. The van der Waals surface area contributed by atoms with E-state index < -0.39 is 5.97 Å². The maximum atomic E-state index is 12.6. The van der Waals surface area contributed by atoms with Gasteiger partial charge in [0.1, 0.15) is 5.56 Å². The van der Waals surface area contributed by atoms with Crippen LogP contribution in [0.5, 0.6) is 0 Å². The number of piperidine rings is 1. The molecule has 1 fully saturated rings. The highest BCUT2D eigenvalue weighted by Gasteiger charge is 2.27. The Labute approximate surface area is 127 Å². The molecule has 1 N–H and O–H groups in total. The van der Waals surface area contributed by atoms with Crippen molar-refractivity contribution in [1.82, 2.24) is 19.5 Å². The average Bonchev–Trinajstić information content (AvgIpc) is 2.89. The van der Waals surface area contributed by atoms with Crippen molar-refractivity contribution >= 4 is 17.5 Å². The summed E-state index contributed by atoms with van der Waals surface area (Å²) in [6.07, 6.45) is 4.97. The summed E-state index contributed by atoms with van der Waals surface area (Å²) in [6.45, 7) is 3.04. The predicted molar refractivity (Wildman–Crippen MR) is 78.6 cm³/mol. The van der Waals surface area contributed by atoms with E-state index in [4.69, 9.17) is 5.11 Å². The quantitative estimate of drug-likeness (QED) is 0.925. The molecule has 0 aliphatic carbocycles. The first kappa shape index (κ1) is 14.5. The molecule has 0 bridgehead atoms. The van der Waals surface area contributed by atoms with Crippen molar-refractivity contribution in [3.05, 3.63) is 29.7 Å². The standard InChI is InChI=1S/C15H18N4O3/c1-10-2-7-19-14(17-10)12(9-16-19)15(22)18-5-3-11(4-6-18)8-13(20)21/h2,7,9,11H,3-6,8H2,1H3,(H,20,21). The molecular weight excluding hydrogens is 284 g/mol. The van der Waals surface area contributed by atoms with Crippen LogP contribution in [0.3, 0.4) is 0 Å². The number of carbonyl (C=O) groups excluding carboxylic acids is 1. The van der Waals surface area contributed by atoms with Crippen molar-refractivity contribution in [2.45, 2.75) is 26.2 Å². The lowest BCUT2D eigenvalue weighted by atomic mass is 9.93. The lowest BCUT2D eigenvalue weighted by molar-refractivity contribution is -0.138. The van der Waals surface area contributed by atoms with Gasteiger partial charge in [0.25, 0.3) is 5.91 Å². The Kier molecular flexibility index (Phi) is 3.79. The summed E-state index contributed by atoms with van der Waals surface area (Å²) in [5.41, 5.74) is 1.90. The van der Waals surface area contributed by atoms with Gasteiger partial charge in [0.05, 0.1) is 6.20 Å². The summed E-state index contributed by atoms with van der Waals surface area (Å²) in [5.74, 6) is -0.695. The Morgan fingerprint density at radius 3 is 2.77 bits per heavy atom. The fourth-order valence-corrected chi connectivity index (χ4v) is 2.87. The lowest BCUT2D eigenvalue weighted by Gasteiger charge is -2.31. The van der Waals surface area contributed by atoms with Crippen LogP contribution < -0.4 is 0 Å². The molecule has 116 valence electrons. The molecule has 7 nitrogen and oxygen atoms in total. The number of carboxylic acid groups (broad SMARTS) is 1. The maximum Gasteiger partial charge on any atom is 0.303 e. The molecule has 1 saturated heterocycles. The van der Waals surface area contributed by atoms with Crippen LogP contribution >= 0.6 is 0 Å². The van der Waals surface area contributed by atoms with Crippen LogP contribution in [0.15, 0.2) is 18.5 Å². The molecule has 2 aromatic heterocycles. The fraction of sp³-hybridized carbons (Fsp3) is 0.467. The number of carboxylic acids is 1. The van der Waals surface area contributed by atoms with Crippen LogP contribution in [0.2, 0.25) is 0 Å². The summed E-state index contributed by atoms with van der Waals surface area (Å²) in [5, 5.41) is 13.0. The van der Waals surface area contributed by atoms with E-state index in [0.717, 1.165) is 18.5 Å². The number of hydrogen-bond donors (Lipinski definition) is 1. The van der Waals surface area contributed by atoms with Gasteiger partial charge in [-0.2, -0.15) is 5.10 Å². The van der Waals surface area contributed by atoms with Crippen molar-refractivity contribution < 1.29 is 14.7 Å². The molecule has 1 aliphatic rings. The Bertz CT molecular complexity index is 717. The number of hydrogen-bond acceptors (Lipinski definition) is 4. The SMILES string of the molecule is Cc1ccn2ncc(C(=O)N3CCC(CC(=O)O)CC3)c2n1. The van der Waals surface area contributed by atoms with Crippen LogP contribution in [0.4, 0.5) is 0 Å². The third kappa shape index (κ3) is 2.79. The minimum Gasteiger partial charge on any atom is -0.481 e. The van der Waals surface area contributed by atoms with Crippen LogP contribution in [0.1, 0.15) is 35.3 Å². The number of likely N-dealkylation sites (tertiary alicyclic amines) is 1. The molecule has 0 atom stereocenters. The summed E-state index contributed by atoms with van der Waals surface area (Å²) >= 11 is 0. The molecule has 0 aromatic carbocycles. The molecule has 0 saturated carbocycles. The van der Waals surface area contributed by atoms with Crippen LogP contribution in [0, 0.1) is 12.8 Å². The predicted octanol–water partition coefficient (Wildman–Crippen LogP) is 1.36. The normalized spacial score (nSPS) is 16.1. The average molecular weight is 302 g/mol. The minimum atomic E-state index is -0.771. The summed E-state index contributed by atoms with van der Waals surface area (Å²) < 4.78 is 1.59. The van der Waals surface area contributed by atoms with Gasteiger partial charge in [-0.05, 0) is 31.7 Å². The van der Waals surface area contributed by atoms with Crippen molar-refractivity contribution in [2.75, 3.05) is 13.1 Å². The maximum absolute atomic E-state index is 12.6. The van der Waals surface area contributed by atoms with E-state index in [2.05, 4.69) is 10.1 Å². The fourth-order valence-electron chi connectivity index (χ4n) is 2.87. The zero-order valence-electron chi connectivity index (χ0n) is 12.4. The molecule has 0 radical (unpaired) electrons. The number of aromatic nitrogens is 3. The van der Waals surface area contributed by atoms with E-state index in [-0.39, 0.29) is 18.2 Å². The zero-order chi connectivity index (χ0) is 15.7. The molecule has 22 heavy (non-hydrogen) atoms. The Hall–Kier alpha value is -2.44. The van der Waals surface area contributed by atoms with Crippen molar-refractivity contribution in [3.63, 3.8) is 0 Å². The monoisotopic (exact) mass is 302 g/mol. The van der Waals surface area contributed by atoms with Gasteiger partial charge in [0, 0.05) is 31.4 Å². The Morgan fingerprint density at radius 1 is 1.36 bits per heavy atom. The molecule has 1 aliphatic heterocycles. The Morgan fingerprint density at radius 2 is 2.09 bits per heavy atom. The molecule has 0 spiro atoms. The summed E-state index contributed by atoms with van der Waals surface area (Å²) in [6, 6.07) is 1.84. The summed E-state index contributed by atoms with van der Waals surface area (Å²) in [7, 11) is 0. The van der Waals surface area contributed by atoms with E-state index in [1.807, 2.05) is 13.0 Å². The first-order chi connectivity index (χ1) is 10.5. The minimum absolute atomic E-state index is 0.0816. The third-order valence-electron chi connectivity index (χ3n) is 4.10. The number of amides is 1. The van der Waals surface area contributed by atoms with E-state index in [0.29, 0.717) is 24.3 Å². The van der Waals surface area contributed by atoms with Crippen molar-refractivity contribution in [1.29, 1.82) is 0 Å². The number of aryl methyl sites for hydroxylation is 1. The number of carbonyl (C=O) groups is 2. The highest BCUT2D eigenvalue weighted by atomic mass is 16.4. The van der Waals surface area contributed by atoms with E-state index in [1.54, 1.807) is 21.8 Å². The second kappa shape index (κ2) is 5.75. The molecule has 1 amide bonds. The van der Waals surface area contributed by atoms with Gasteiger partial charge >= 0.3 is 5.97 Å². The van der Waals surface area contributed by atoms with E-state index >= 15 is 0 Å². The van der Waals surface area contributed by atoms with Crippen molar-refractivity contribution in [3.8, 4) is 0 Å². The number of fused-ring (bicyclic) bond motifs is 1. The second-order valence-corrected chi connectivity index (χ2v) is 5.73. The third-order valence-corrected chi connectivity index (χ3v) is 4.10. The van der Waals surface area contributed by atoms with Gasteiger partial charge in [-0.3, -0.25) is 9.59 Å². The van der Waals surface area contributed by atoms with Gasteiger partial charge in [-0.25, -0.2) is 9.50 Å². The number of nitrogens with zero attached hydrogens (tertiary/aromatic N) is 4. The topological polar surface area (TPSA) is 87.8 Å². The smallest absolute Gasteiger partial charge is 0.303 e. The summed E-state index contributed by atoms with van der Waals surface area (Å²) in [4.78, 5) is 29.5. The van der Waals surface area contributed by atoms with Gasteiger partial charge in [-0.15, -0.1) is 0 Å². The molecule has 0 unspecified atom stereocenters. The van der Waals surface area contributed by atoms with E-state index in [1.165, 1.54) is 0 Å². The number of rotatable bonds is 3. The highest BCUT2D eigenvalue weighted by molar-refractivity contribution is 5.99.